The summed E-state index contributed by atoms with van der Waals surface area (Å²) in [6.07, 6.45) is 1.27. The van der Waals surface area contributed by atoms with E-state index in [9.17, 15) is 13.6 Å². The van der Waals surface area contributed by atoms with E-state index >= 15 is 0 Å². The van der Waals surface area contributed by atoms with Gasteiger partial charge in [0.25, 0.3) is 5.92 Å². The van der Waals surface area contributed by atoms with Crippen LogP contribution in [0.2, 0.25) is 5.02 Å². The lowest BCUT2D eigenvalue weighted by atomic mass is 9.96. The number of Topliss-reactive ketones (excluding diaryl/α,β-unsaturated/α-hetero) is 1. The number of rotatable bonds is 4. The van der Waals surface area contributed by atoms with Crippen molar-refractivity contribution in [1.82, 2.24) is 19.5 Å². The zero-order valence-corrected chi connectivity index (χ0v) is 17.7. The van der Waals surface area contributed by atoms with Gasteiger partial charge in [-0.05, 0) is 12.1 Å². The third-order valence-corrected chi connectivity index (χ3v) is 5.40. The fourth-order valence-corrected chi connectivity index (χ4v) is 3.69. The minimum atomic E-state index is -2.76. The third-order valence-electron chi connectivity index (χ3n) is 5.07. The predicted octanol–water partition coefficient (Wildman–Crippen LogP) is 4.51. The van der Waals surface area contributed by atoms with E-state index in [1.807, 2.05) is 20.8 Å². The maximum atomic E-state index is 13.8. The number of imidazole rings is 1. The summed E-state index contributed by atoms with van der Waals surface area (Å²) in [6, 6.07) is 6.83. The van der Waals surface area contributed by atoms with Crippen LogP contribution in [0.15, 0.2) is 30.6 Å². The number of carbonyl (C=O) groups is 1. The summed E-state index contributed by atoms with van der Waals surface area (Å²) >= 11 is 6.15. The van der Waals surface area contributed by atoms with Crippen LogP contribution in [0.3, 0.4) is 0 Å². The lowest BCUT2D eigenvalue weighted by molar-refractivity contribution is 0.0257. The largest absolute Gasteiger partial charge is 0.348 e. The molecule has 0 amide bonds. The number of hydrogen-bond acceptors (Lipinski definition) is 5. The van der Waals surface area contributed by atoms with Crippen LogP contribution < -0.4 is 4.90 Å². The average molecular weight is 434 g/mol. The van der Waals surface area contributed by atoms with Crippen LogP contribution in [0.5, 0.6) is 0 Å². The smallest absolute Gasteiger partial charge is 0.266 e. The maximum Gasteiger partial charge on any atom is 0.266 e. The van der Waals surface area contributed by atoms with Gasteiger partial charge < -0.3 is 9.47 Å². The molecule has 1 fully saturated rings. The number of fused-ring (bicyclic) bond motifs is 1. The van der Waals surface area contributed by atoms with E-state index in [1.54, 1.807) is 33.7 Å². The fourth-order valence-electron chi connectivity index (χ4n) is 3.44. The Bertz CT molecular complexity index is 1120. The number of aromatic nitrogens is 4. The quantitative estimate of drug-likeness (QED) is 0.566. The van der Waals surface area contributed by atoms with E-state index in [2.05, 4.69) is 15.0 Å². The first-order valence-corrected chi connectivity index (χ1v) is 10.1. The molecule has 0 radical (unpaired) electrons. The summed E-state index contributed by atoms with van der Waals surface area (Å²) in [4.78, 5) is 27.9. The Morgan fingerprint density at radius 2 is 1.97 bits per heavy atom. The first kappa shape index (κ1) is 20.7. The molecule has 3 heterocycles. The number of carbonyl (C=O) groups excluding carboxylic acids is 1. The number of anilines is 1. The molecule has 1 aliphatic rings. The van der Waals surface area contributed by atoms with Crippen LogP contribution >= 0.6 is 11.6 Å². The number of nitrogens with zero attached hydrogens (tertiary/aromatic N) is 5. The Balaban J connectivity index is 1.78. The van der Waals surface area contributed by atoms with Crippen LogP contribution in [0.4, 0.5) is 14.6 Å². The second-order valence-corrected chi connectivity index (χ2v) is 9.00. The standard InChI is InChI=1S/C21H22ClF2N5O/c1-20(2,3)19-26-17(28-9-8-21(23,24)11-28)16-18(27-19)29(12-25-16)10-15(30)13-6-4-5-7-14(13)22/h4-7,12H,8-11H2,1-3H3. The molecule has 6 nitrogen and oxygen atoms in total. The molecular weight excluding hydrogens is 412 g/mol. The van der Waals surface area contributed by atoms with Crippen LogP contribution in [0.1, 0.15) is 43.4 Å². The van der Waals surface area contributed by atoms with Gasteiger partial charge in [-0.15, -0.1) is 0 Å². The van der Waals surface area contributed by atoms with Gasteiger partial charge in [0.05, 0.1) is 24.4 Å². The van der Waals surface area contributed by atoms with Gasteiger partial charge in [-0.1, -0.05) is 44.5 Å². The molecule has 0 aliphatic carbocycles. The van der Waals surface area contributed by atoms with E-state index in [-0.39, 0.29) is 25.3 Å². The van der Waals surface area contributed by atoms with E-state index in [4.69, 9.17) is 11.6 Å². The van der Waals surface area contributed by atoms with Gasteiger partial charge in [0.2, 0.25) is 0 Å². The van der Waals surface area contributed by atoms with Gasteiger partial charge in [0, 0.05) is 23.9 Å². The highest BCUT2D eigenvalue weighted by atomic mass is 35.5. The molecular formula is C21H22ClF2N5O. The van der Waals surface area contributed by atoms with Crippen molar-refractivity contribution >= 4 is 34.4 Å². The molecule has 1 aliphatic heterocycles. The monoisotopic (exact) mass is 433 g/mol. The van der Waals surface area contributed by atoms with E-state index in [0.29, 0.717) is 33.4 Å². The summed E-state index contributed by atoms with van der Waals surface area (Å²) in [5.74, 6) is -2.06. The fraction of sp³-hybridized carbons (Fsp3) is 0.429. The van der Waals surface area contributed by atoms with Crippen molar-refractivity contribution in [3.8, 4) is 0 Å². The summed E-state index contributed by atoms with van der Waals surface area (Å²) in [7, 11) is 0. The Hall–Kier alpha value is -2.61. The highest BCUT2D eigenvalue weighted by Gasteiger charge is 2.40. The number of halogens is 3. The summed E-state index contributed by atoms with van der Waals surface area (Å²) in [5, 5.41) is 0.372. The molecule has 2 aromatic heterocycles. The van der Waals surface area contributed by atoms with E-state index < -0.39 is 17.9 Å². The van der Waals surface area contributed by atoms with Crippen LogP contribution in [0.25, 0.3) is 11.2 Å². The zero-order valence-electron chi connectivity index (χ0n) is 17.0. The van der Waals surface area contributed by atoms with Gasteiger partial charge in [-0.2, -0.15) is 0 Å². The SMILES string of the molecule is CC(C)(C)c1nc(N2CCC(F)(F)C2)c2ncn(CC(=O)c3ccccc3Cl)c2n1. The molecule has 1 saturated heterocycles. The molecule has 4 rings (SSSR count). The molecule has 0 spiro atoms. The van der Waals surface area contributed by atoms with Crippen molar-refractivity contribution in [3.63, 3.8) is 0 Å². The van der Waals surface area contributed by atoms with Crippen molar-refractivity contribution in [1.29, 1.82) is 0 Å². The Labute approximate surface area is 177 Å². The number of hydrogen-bond donors (Lipinski definition) is 0. The lowest BCUT2D eigenvalue weighted by Gasteiger charge is -2.22. The zero-order chi connectivity index (χ0) is 21.7. The third kappa shape index (κ3) is 3.88. The van der Waals surface area contributed by atoms with Crippen molar-refractivity contribution in [2.24, 2.45) is 0 Å². The first-order chi connectivity index (χ1) is 14.0. The van der Waals surface area contributed by atoms with Gasteiger partial charge in [-0.25, -0.2) is 23.7 Å². The molecule has 0 atom stereocenters. The van der Waals surface area contributed by atoms with Crippen LogP contribution in [0, 0.1) is 0 Å². The topological polar surface area (TPSA) is 63.9 Å². The molecule has 158 valence electrons. The molecule has 0 bridgehead atoms. The van der Waals surface area contributed by atoms with Crippen LogP contribution in [-0.2, 0) is 12.0 Å². The first-order valence-electron chi connectivity index (χ1n) is 9.69. The Kier molecular flexibility index (Phi) is 5.00. The van der Waals surface area contributed by atoms with Gasteiger partial charge in [0.1, 0.15) is 5.82 Å². The normalized spacial score (nSPS) is 16.4. The van der Waals surface area contributed by atoms with Crippen LogP contribution in [-0.4, -0.2) is 44.3 Å². The Morgan fingerprint density at radius 3 is 2.60 bits per heavy atom. The lowest BCUT2D eigenvalue weighted by Crippen LogP contribution is -2.27. The molecule has 30 heavy (non-hydrogen) atoms. The van der Waals surface area contributed by atoms with E-state index in [1.165, 1.54) is 6.33 Å². The highest BCUT2D eigenvalue weighted by Crippen LogP contribution is 2.34. The second kappa shape index (κ2) is 7.27. The molecule has 1 aromatic carbocycles. The van der Waals surface area contributed by atoms with Gasteiger partial charge in [0.15, 0.2) is 22.8 Å². The maximum absolute atomic E-state index is 13.8. The second-order valence-electron chi connectivity index (χ2n) is 8.60. The van der Waals surface area contributed by atoms with Gasteiger partial charge >= 0.3 is 0 Å². The summed E-state index contributed by atoms with van der Waals surface area (Å²) in [6.45, 7) is 5.61. The summed E-state index contributed by atoms with van der Waals surface area (Å²) in [5.41, 5.74) is 0.853. The minimum Gasteiger partial charge on any atom is -0.348 e. The number of benzene rings is 1. The molecule has 0 saturated carbocycles. The number of ketones is 1. The van der Waals surface area contributed by atoms with E-state index in [0.717, 1.165) is 0 Å². The van der Waals surface area contributed by atoms with Crippen molar-refractivity contribution in [2.45, 2.75) is 45.1 Å². The molecule has 9 heteroatoms. The number of alkyl halides is 2. The summed E-state index contributed by atoms with van der Waals surface area (Å²) < 4.78 is 29.3. The van der Waals surface area contributed by atoms with Gasteiger partial charge in [-0.3, -0.25) is 4.79 Å². The van der Waals surface area contributed by atoms with Crippen molar-refractivity contribution in [3.05, 3.63) is 47.0 Å². The average Bonchev–Trinajstić information content (AvgIpc) is 3.23. The van der Waals surface area contributed by atoms with Crippen molar-refractivity contribution < 1.29 is 13.6 Å². The van der Waals surface area contributed by atoms with Crippen molar-refractivity contribution in [2.75, 3.05) is 18.0 Å². The predicted molar refractivity (Wildman–Crippen MR) is 112 cm³/mol. The Morgan fingerprint density at radius 1 is 1.23 bits per heavy atom. The minimum absolute atomic E-state index is 0.0174. The molecule has 0 N–H and O–H groups in total. The molecule has 3 aromatic rings. The highest BCUT2D eigenvalue weighted by molar-refractivity contribution is 6.33. The molecule has 0 unspecified atom stereocenters.